The summed E-state index contributed by atoms with van der Waals surface area (Å²) in [5.74, 6) is 0.0434. The second-order valence-electron chi connectivity index (χ2n) is 11.8. The normalized spacial score (nSPS) is 25.0. The van der Waals surface area contributed by atoms with Crippen LogP contribution in [0.4, 0.5) is 8.78 Å². The van der Waals surface area contributed by atoms with E-state index < -0.39 is 23.7 Å². The third-order valence-electron chi connectivity index (χ3n) is 9.23. The lowest BCUT2D eigenvalue weighted by Crippen LogP contribution is -2.28. The Labute approximate surface area is 240 Å². The second kappa shape index (κ2) is 10.1. The number of carbonyl (C=O) groups is 2. The second-order valence-corrected chi connectivity index (χ2v) is 11.8. The van der Waals surface area contributed by atoms with Crippen LogP contribution >= 0.6 is 0 Å². The molecule has 3 aliphatic rings. The number of fused-ring (bicyclic) bond motifs is 2. The molecule has 5 heterocycles. The molecule has 3 saturated heterocycles. The molecule has 220 valence electrons. The summed E-state index contributed by atoms with van der Waals surface area (Å²) in [6.07, 6.45) is 4.33. The van der Waals surface area contributed by atoms with Gasteiger partial charge in [0, 0.05) is 26.9 Å². The van der Waals surface area contributed by atoms with E-state index in [1.54, 1.807) is 21.9 Å². The summed E-state index contributed by atoms with van der Waals surface area (Å²) in [6, 6.07) is 4.96. The Morgan fingerprint density at radius 1 is 0.738 bits per heavy atom. The van der Waals surface area contributed by atoms with Crippen LogP contribution in [0.5, 0.6) is 0 Å². The third kappa shape index (κ3) is 4.35. The predicted molar refractivity (Wildman–Crippen MR) is 149 cm³/mol. The monoisotopic (exact) mass is 577 g/mol. The summed E-state index contributed by atoms with van der Waals surface area (Å²) in [7, 11) is 0. The number of amides is 2. The van der Waals surface area contributed by atoms with Crippen molar-refractivity contribution in [3.63, 3.8) is 0 Å². The van der Waals surface area contributed by atoms with Gasteiger partial charge in [0.1, 0.15) is 22.7 Å². The van der Waals surface area contributed by atoms with Gasteiger partial charge in [-0.1, -0.05) is 0 Å². The number of hydrogen-bond acceptors (Lipinski definition) is 6. The zero-order valence-corrected chi connectivity index (χ0v) is 23.5. The van der Waals surface area contributed by atoms with Crippen molar-refractivity contribution in [3.05, 3.63) is 58.7 Å². The van der Waals surface area contributed by atoms with Crippen LogP contribution in [0.15, 0.2) is 24.3 Å². The first-order chi connectivity index (χ1) is 20.2. The number of rotatable bonds is 4. The number of benzene rings is 2. The zero-order valence-electron chi connectivity index (χ0n) is 23.5. The van der Waals surface area contributed by atoms with Crippen LogP contribution in [0.2, 0.25) is 0 Å². The van der Waals surface area contributed by atoms with Crippen molar-refractivity contribution in [2.24, 2.45) is 0 Å². The van der Waals surface area contributed by atoms with Gasteiger partial charge < -0.3 is 25.0 Å². The summed E-state index contributed by atoms with van der Waals surface area (Å²) in [6.45, 7) is 4.35. The zero-order chi connectivity index (χ0) is 29.3. The van der Waals surface area contributed by atoms with E-state index in [1.807, 2.05) is 0 Å². The van der Waals surface area contributed by atoms with Crippen molar-refractivity contribution in [2.75, 3.05) is 13.1 Å². The fraction of sp³-hybridized carbons (Fsp3) is 0.467. The molecule has 3 fully saturated rings. The van der Waals surface area contributed by atoms with Gasteiger partial charge in [0.15, 0.2) is 11.6 Å². The van der Waals surface area contributed by atoms with Crippen LogP contribution in [0, 0.1) is 11.6 Å². The van der Waals surface area contributed by atoms with Gasteiger partial charge in [0.25, 0.3) is 0 Å². The molecule has 2 aromatic heterocycles. The Bertz CT molecular complexity index is 1590. The summed E-state index contributed by atoms with van der Waals surface area (Å²) in [5.41, 5.74) is 2.61. The number of nitrogens with one attached hydrogen (secondary N) is 2. The van der Waals surface area contributed by atoms with E-state index >= 15 is 8.78 Å². The number of imidazole rings is 2. The molecule has 0 aliphatic carbocycles. The van der Waals surface area contributed by atoms with E-state index in [2.05, 4.69) is 19.9 Å². The quantitative estimate of drug-likeness (QED) is 0.301. The number of carbonyl (C=O) groups excluding carboxylic acids is 2. The van der Waals surface area contributed by atoms with E-state index in [-0.39, 0.29) is 34.9 Å². The minimum atomic E-state index is -0.502. The number of aromatic nitrogens is 4. The molecule has 0 radical (unpaired) electrons. The van der Waals surface area contributed by atoms with Gasteiger partial charge in [-0.05, 0) is 73.9 Å². The molecule has 3 N–H and O–H groups in total. The maximum Gasteiger partial charge on any atom is 0.220 e. The maximum atomic E-state index is 15.3. The molecule has 42 heavy (non-hydrogen) atoms. The van der Waals surface area contributed by atoms with E-state index in [0.29, 0.717) is 59.7 Å². The Balaban J connectivity index is 1.16. The first-order valence-corrected chi connectivity index (χ1v) is 14.6. The van der Waals surface area contributed by atoms with Gasteiger partial charge in [0.05, 0.1) is 35.2 Å². The van der Waals surface area contributed by atoms with E-state index in [9.17, 15) is 14.8 Å². The number of nitrogens with zero attached hydrogens (tertiary/aromatic N) is 5. The molecule has 10 nitrogen and oxygen atoms in total. The molecule has 2 aromatic carbocycles. The van der Waals surface area contributed by atoms with Crippen molar-refractivity contribution in [1.82, 2.24) is 34.8 Å². The minimum Gasteiger partial charge on any atom is -0.340 e. The largest absolute Gasteiger partial charge is 0.340 e. The van der Waals surface area contributed by atoms with Crippen LogP contribution < -0.4 is 0 Å². The van der Waals surface area contributed by atoms with Crippen LogP contribution in [0.25, 0.3) is 22.1 Å². The first kappa shape index (κ1) is 27.0. The predicted octanol–water partition coefficient (Wildman–Crippen LogP) is 5.35. The Morgan fingerprint density at radius 2 is 1.17 bits per heavy atom. The highest BCUT2D eigenvalue weighted by molar-refractivity contribution is 5.79. The summed E-state index contributed by atoms with van der Waals surface area (Å²) < 4.78 is 30.6. The molecular formula is C30H33F2N7O3. The van der Waals surface area contributed by atoms with Crippen LogP contribution in [0.3, 0.4) is 0 Å². The molecule has 12 heteroatoms. The van der Waals surface area contributed by atoms with Gasteiger partial charge in [-0.3, -0.25) is 9.59 Å². The summed E-state index contributed by atoms with van der Waals surface area (Å²) in [5, 5.41) is 12.5. The lowest BCUT2D eigenvalue weighted by atomic mass is 10.0. The van der Waals surface area contributed by atoms with E-state index in [4.69, 9.17) is 0 Å². The fourth-order valence-electron chi connectivity index (χ4n) is 7.22. The highest BCUT2D eigenvalue weighted by Gasteiger charge is 2.37. The van der Waals surface area contributed by atoms with Gasteiger partial charge in [0.2, 0.25) is 11.8 Å². The van der Waals surface area contributed by atoms with Crippen LogP contribution in [-0.2, 0) is 9.59 Å². The smallest absolute Gasteiger partial charge is 0.220 e. The summed E-state index contributed by atoms with van der Waals surface area (Å²) in [4.78, 5) is 43.0. The standard InChI is InChI=1S/C30H33F2N7O3/c1-15(40)37-9-3-5-25(37)29-33-21-13-17(11-19(31)27(21)35-29)23-7-8-24(39(23)42)18-12-20(32)28-22(14-18)34-30(36-28)26-6-4-10-38(26)16(2)41/h11-14,23-26,42H,3-10H2,1-2H3,(H,33,35)(H,34,36). The molecule has 2 amide bonds. The van der Waals surface area contributed by atoms with Crippen LogP contribution in [-0.4, -0.2) is 64.9 Å². The maximum absolute atomic E-state index is 15.3. The molecule has 4 unspecified atom stereocenters. The number of hydroxylamine groups is 2. The topological polar surface area (TPSA) is 121 Å². The highest BCUT2D eigenvalue weighted by atomic mass is 19.1. The lowest BCUT2D eigenvalue weighted by molar-refractivity contribution is -0.137. The third-order valence-corrected chi connectivity index (χ3v) is 9.23. The molecule has 4 aromatic rings. The number of H-pyrrole nitrogens is 2. The number of likely N-dealkylation sites (tertiary alicyclic amines) is 2. The average molecular weight is 578 g/mol. The number of halogens is 2. The molecule has 7 rings (SSSR count). The number of aromatic amines is 2. The molecular weight excluding hydrogens is 544 g/mol. The molecule has 0 bridgehead atoms. The van der Waals surface area contributed by atoms with Crippen molar-refractivity contribution in [2.45, 2.75) is 76.5 Å². The minimum absolute atomic E-state index is 0.0374. The fourth-order valence-corrected chi connectivity index (χ4v) is 7.22. The van der Waals surface area contributed by atoms with E-state index in [0.717, 1.165) is 25.7 Å². The van der Waals surface area contributed by atoms with Crippen molar-refractivity contribution in [3.8, 4) is 0 Å². The van der Waals surface area contributed by atoms with Crippen molar-refractivity contribution < 1.29 is 23.6 Å². The van der Waals surface area contributed by atoms with Gasteiger partial charge in [-0.2, -0.15) is 5.06 Å². The van der Waals surface area contributed by atoms with Crippen LogP contribution in [0.1, 0.15) is 99.3 Å². The van der Waals surface area contributed by atoms with Crippen molar-refractivity contribution in [1.29, 1.82) is 0 Å². The highest BCUT2D eigenvalue weighted by Crippen LogP contribution is 2.44. The van der Waals surface area contributed by atoms with Gasteiger partial charge in [-0.25, -0.2) is 18.7 Å². The van der Waals surface area contributed by atoms with Gasteiger partial charge in [-0.15, -0.1) is 0 Å². The SMILES string of the molecule is CC(=O)N1CCCC1c1nc2c(F)cc(C3CCC(c4cc(F)c5nc(C6CCCN6C(C)=O)[nH]c5c4)N3O)cc2[nH]1. The Hall–Kier alpha value is -3.90. The first-order valence-electron chi connectivity index (χ1n) is 14.6. The van der Waals surface area contributed by atoms with Gasteiger partial charge >= 0.3 is 0 Å². The lowest BCUT2D eigenvalue weighted by Gasteiger charge is -2.24. The molecule has 0 saturated carbocycles. The Kier molecular flexibility index (Phi) is 6.50. The number of hydrogen-bond donors (Lipinski definition) is 3. The van der Waals surface area contributed by atoms with Crippen molar-refractivity contribution >= 4 is 33.9 Å². The Morgan fingerprint density at radius 3 is 1.57 bits per heavy atom. The molecule has 3 aliphatic heterocycles. The summed E-state index contributed by atoms with van der Waals surface area (Å²) >= 11 is 0. The molecule has 0 spiro atoms. The van der Waals surface area contributed by atoms with E-state index in [1.165, 1.54) is 31.0 Å². The molecule has 4 atom stereocenters. The average Bonchev–Trinajstić information content (AvgIpc) is 3.76.